The van der Waals surface area contributed by atoms with Crippen LogP contribution in [0.1, 0.15) is 20.8 Å². The second kappa shape index (κ2) is 8.45. The lowest BCUT2D eigenvalue weighted by Crippen LogP contribution is -2.34. The Morgan fingerprint density at radius 3 is 2.57 bits per heavy atom. The number of hydrogen-bond acceptors (Lipinski definition) is 5. The smallest absolute Gasteiger partial charge is 0.337 e. The standard InChI is InChI=1S/C17H20N2O3S/c1-19(11-15-4-3-9-23-15)12-16(20)18-10-13-5-7-14(8-6-13)17(21)22-2/h3-9H,10-12H2,1-2H3,(H,18,20). The lowest BCUT2D eigenvalue weighted by Gasteiger charge is -2.15. The Morgan fingerprint density at radius 2 is 1.96 bits per heavy atom. The zero-order valence-electron chi connectivity index (χ0n) is 13.2. The van der Waals surface area contributed by atoms with Crippen molar-refractivity contribution >= 4 is 23.2 Å². The maximum Gasteiger partial charge on any atom is 0.337 e. The Labute approximate surface area is 139 Å². The Bertz CT molecular complexity index is 638. The topological polar surface area (TPSA) is 58.6 Å². The van der Waals surface area contributed by atoms with Crippen LogP contribution in [0.5, 0.6) is 0 Å². The van der Waals surface area contributed by atoms with Crippen molar-refractivity contribution in [2.24, 2.45) is 0 Å². The molecule has 0 radical (unpaired) electrons. The maximum atomic E-state index is 12.0. The molecule has 0 aliphatic heterocycles. The van der Waals surface area contributed by atoms with Crippen molar-refractivity contribution in [3.63, 3.8) is 0 Å². The first-order chi connectivity index (χ1) is 11.1. The molecule has 0 saturated carbocycles. The number of benzene rings is 1. The number of amides is 1. The number of nitrogens with one attached hydrogen (secondary N) is 1. The van der Waals surface area contributed by atoms with Gasteiger partial charge in [-0.25, -0.2) is 4.79 Å². The van der Waals surface area contributed by atoms with Crippen LogP contribution in [0.3, 0.4) is 0 Å². The van der Waals surface area contributed by atoms with Gasteiger partial charge in [0, 0.05) is 18.0 Å². The Kier molecular flexibility index (Phi) is 6.31. The minimum Gasteiger partial charge on any atom is -0.465 e. The molecule has 2 aromatic rings. The van der Waals surface area contributed by atoms with Crippen molar-refractivity contribution < 1.29 is 14.3 Å². The van der Waals surface area contributed by atoms with E-state index >= 15 is 0 Å². The first kappa shape index (κ1) is 17.2. The van der Waals surface area contributed by atoms with Gasteiger partial charge in [0.1, 0.15) is 0 Å². The summed E-state index contributed by atoms with van der Waals surface area (Å²) in [5.41, 5.74) is 1.44. The number of esters is 1. The minimum atomic E-state index is -0.365. The predicted octanol–water partition coefficient (Wildman–Crippen LogP) is 2.28. The molecule has 2 rings (SSSR count). The van der Waals surface area contributed by atoms with Crippen LogP contribution in [0.15, 0.2) is 41.8 Å². The van der Waals surface area contributed by atoms with E-state index in [4.69, 9.17) is 0 Å². The van der Waals surface area contributed by atoms with Crippen molar-refractivity contribution in [1.82, 2.24) is 10.2 Å². The summed E-state index contributed by atoms with van der Waals surface area (Å²) in [5, 5.41) is 4.91. The molecule has 0 aliphatic rings. The molecule has 0 bridgehead atoms. The van der Waals surface area contributed by atoms with Crippen LogP contribution >= 0.6 is 11.3 Å². The molecular formula is C17H20N2O3S. The second-order valence-corrected chi connectivity index (χ2v) is 6.25. The van der Waals surface area contributed by atoms with E-state index in [0.29, 0.717) is 18.7 Å². The highest BCUT2D eigenvalue weighted by Gasteiger charge is 2.08. The van der Waals surface area contributed by atoms with E-state index in [9.17, 15) is 9.59 Å². The fraction of sp³-hybridized carbons (Fsp3) is 0.294. The first-order valence-corrected chi connectivity index (χ1v) is 8.11. The molecule has 0 atom stereocenters. The van der Waals surface area contributed by atoms with Gasteiger partial charge in [-0.3, -0.25) is 9.69 Å². The number of thiophene rings is 1. The Balaban J connectivity index is 1.76. The average molecular weight is 332 g/mol. The van der Waals surface area contributed by atoms with Gasteiger partial charge in [0.25, 0.3) is 0 Å². The zero-order valence-corrected chi connectivity index (χ0v) is 14.1. The fourth-order valence-corrected chi connectivity index (χ4v) is 2.89. The van der Waals surface area contributed by atoms with Crippen molar-refractivity contribution in [3.8, 4) is 0 Å². The van der Waals surface area contributed by atoms with Crippen molar-refractivity contribution in [1.29, 1.82) is 0 Å². The van der Waals surface area contributed by atoms with Gasteiger partial charge in [0.05, 0.1) is 19.2 Å². The molecule has 122 valence electrons. The predicted molar refractivity (Wildman–Crippen MR) is 90.3 cm³/mol. The summed E-state index contributed by atoms with van der Waals surface area (Å²) in [6.07, 6.45) is 0. The zero-order chi connectivity index (χ0) is 16.7. The molecule has 23 heavy (non-hydrogen) atoms. The van der Waals surface area contributed by atoms with E-state index in [1.165, 1.54) is 12.0 Å². The third-order valence-electron chi connectivity index (χ3n) is 3.28. The highest BCUT2D eigenvalue weighted by atomic mass is 32.1. The number of rotatable bonds is 7. The molecule has 1 N–H and O–H groups in total. The molecule has 1 aromatic carbocycles. The maximum absolute atomic E-state index is 12.0. The number of methoxy groups -OCH3 is 1. The van der Waals surface area contributed by atoms with Crippen molar-refractivity contribution in [2.45, 2.75) is 13.1 Å². The lowest BCUT2D eigenvalue weighted by atomic mass is 10.1. The summed E-state index contributed by atoms with van der Waals surface area (Å²) in [7, 11) is 3.27. The third-order valence-corrected chi connectivity index (χ3v) is 4.15. The molecule has 5 nitrogen and oxygen atoms in total. The molecule has 0 spiro atoms. The molecule has 0 saturated heterocycles. The molecule has 1 heterocycles. The minimum absolute atomic E-state index is 0.0268. The summed E-state index contributed by atoms with van der Waals surface area (Å²) >= 11 is 1.68. The molecule has 6 heteroatoms. The SMILES string of the molecule is COC(=O)c1ccc(CNC(=O)CN(C)Cc2cccs2)cc1. The van der Waals surface area contributed by atoms with E-state index in [0.717, 1.165) is 12.1 Å². The van der Waals surface area contributed by atoms with Gasteiger partial charge in [-0.1, -0.05) is 18.2 Å². The van der Waals surface area contributed by atoms with Crippen LogP contribution in [-0.4, -0.2) is 37.5 Å². The molecule has 0 aliphatic carbocycles. The second-order valence-electron chi connectivity index (χ2n) is 5.22. The van der Waals surface area contributed by atoms with Crippen LogP contribution in [-0.2, 0) is 22.6 Å². The van der Waals surface area contributed by atoms with Gasteiger partial charge >= 0.3 is 5.97 Å². The Morgan fingerprint density at radius 1 is 1.22 bits per heavy atom. The number of carbonyl (C=O) groups is 2. The molecule has 1 aromatic heterocycles. The monoisotopic (exact) mass is 332 g/mol. The van der Waals surface area contributed by atoms with Crippen LogP contribution < -0.4 is 5.32 Å². The van der Waals surface area contributed by atoms with Gasteiger partial charge in [-0.15, -0.1) is 11.3 Å². The van der Waals surface area contributed by atoms with Gasteiger partial charge in [-0.2, -0.15) is 0 Å². The van der Waals surface area contributed by atoms with Gasteiger partial charge in [-0.05, 0) is 36.2 Å². The summed E-state index contributed by atoms with van der Waals surface area (Å²) in [4.78, 5) is 26.5. The van der Waals surface area contributed by atoms with E-state index < -0.39 is 0 Å². The fourth-order valence-electron chi connectivity index (χ4n) is 2.10. The van der Waals surface area contributed by atoms with E-state index in [2.05, 4.69) is 16.1 Å². The number of nitrogens with zero attached hydrogens (tertiary/aromatic N) is 1. The normalized spacial score (nSPS) is 10.6. The summed E-state index contributed by atoms with van der Waals surface area (Å²) < 4.78 is 4.65. The van der Waals surface area contributed by atoms with Gasteiger partial charge < -0.3 is 10.1 Å². The van der Waals surface area contributed by atoms with Crippen LogP contribution in [0.25, 0.3) is 0 Å². The van der Waals surface area contributed by atoms with E-state index in [-0.39, 0.29) is 11.9 Å². The molecule has 0 fully saturated rings. The van der Waals surface area contributed by atoms with E-state index in [1.807, 2.05) is 35.5 Å². The van der Waals surface area contributed by atoms with Crippen LogP contribution in [0.2, 0.25) is 0 Å². The lowest BCUT2D eigenvalue weighted by molar-refractivity contribution is -0.122. The number of carbonyl (C=O) groups excluding carboxylic acids is 2. The third kappa shape index (κ3) is 5.50. The molecule has 0 unspecified atom stereocenters. The average Bonchev–Trinajstić information content (AvgIpc) is 3.05. The summed E-state index contributed by atoms with van der Waals surface area (Å²) in [6, 6.07) is 11.1. The first-order valence-electron chi connectivity index (χ1n) is 7.23. The van der Waals surface area contributed by atoms with Gasteiger partial charge in [0.2, 0.25) is 5.91 Å². The number of likely N-dealkylation sites (N-methyl/N-ethyl adjacent to an activating group) is 1. The molecule has 1 amide bonds. The number of ether oxygens (including phenoxy) is 1. The van der Waals surface area contributed by atoms with E-state index in [1.54, 1.807) is 23.5 Å². The van der Waals surface area contributed by atoms with Crippen LogP contribution in [0.4, 0.5) is 0 Å². The number of hydrogen-bond donors (Lipinski definition) is 1. The van der Waals surface area contributed by atoms with Crippen molar-refractivity contribution in [2.75, 3.05) is 20.7 Å². The summed E-state index contributed by atoms with van der Waals surface area (Å²) in [6.45, 7) is 1.55. The van der Waals surface area contributed by atoms with Crippen LogP contribution in [0, 0.1) is 0 Å². The quantitative estimate of drug-likeness (QED) is 0.790. The van der Waals surface area contributed by atoms with Gasteiger partial charge in [0.15, 0.2) is 0 Å². The highest BCUT2D eigenvalue weighted by Crippen LogP contribution is 2.10. The Hall–Kier alpha value is -2.18. The van der Waals surface area contributed by atoms with Crippen molar-refractivity contribution in [3.05, 3.63) is 57.8 Å². The summed E-state index contributed by atoms with van der Waals surface area (Å²) in [5.74, 6) is -0.392. The largest absolute Gasteiger partial charge is 0.465 e. The highest BCUT2D eigenvalue weighted by molar-refractivity contribution is 7.09. The molecular weight excluding hydrogens is 312 g/mol.